The maximum absolute atomic E-state index is 9.38. The normalized spacial score (nSPS) is 11.7. The zero-order chi connectivity index (χ0) is 9.00. The summed E-state index contributed by atoms with van der Waals surface area (Å²) < 4.78 is 5.23. The van der Waals surface area contributed by atoms with Crippen LogP contribution in [-0.2, 0) is 0 Å². The van der Waals surface area contributed by atoms with Crippen LogP contribution in [0.3, 0.4) is 0 Å². The van der Waals surface area contributed by atoms with Crippen molar-refractivity contribution in [3.8, 4) is 11.5 Å². The Labute approximate surface area is 73.2 Å². The maximum atomic E-state index is 9.38. The van der Waals surface area contributed by atoms with Crippen LogP contribution in [0, 0.1) is 0 Å². The molecule has 64 valence electrons. The Morgan fingerprint density at radius 3 is 1.77 bits per heavy atom. The molecule has 2 bridgehead atoms. The molecule has 3 rings (SSSR count). The second-order valence-corrected chi connectivity index (χ2v) is 3.00. The monoisotopic (exact) mass is 174 g/mol. The van der Waals surface area contributed by atoms with Crippen molar-refractivity contribution in [2.24, 2.45) is 0 Å². The van der Waals surface area contributed by atoms with Gasteiger partial charge in [0.2, 0.25) is 11.5 Å². The predicted octanol–water partition coefficient (Wildman–Crippen LogP) is 2.44. The Kier molecular flexibility index (Phi) is 0.953. The van der Waals surface area contributed by atoms with Gasteiger partial charge in [-0.05, 0) is 0 Å². The number of phenols is 2. The van der Waals surface area contributed by atoms with Gasteiger partial charge in [0.1, 0.15) is 0 Å². The Bertz CT molecular complexity index is 529. The third-order valence-corrected chi connectivity index (χ3v) is 2.27. The summed E-state index contributed by atoms with van der Waals surface area (Å²) in [5.74, 6) is -0.317. The molecule has 0 saturated heterocycles. The van der Waals surface area contributed by atoms with E-state index in [2.05, 4.69) is 0 Å². The summed E-state index contributed by atoms with van der Waals surface area (Å²) in [4.78, 5) is 0. The molecule has 13 heavy (non-hydrogen) atoms. The molecule has 3 nitrogen and oxygen atoms in total. The van der Waals surface area contributed by atoms with Crippen LogP contribution < -0.4 is 0 Å². The quantitative estimate of drug-likeness (QED) is 0.514. The summed E-state index contributed by atoms with van der Waals surface area (Å²) in [6, 6.07) is 7.42. The molecule has 0 radical (unpaired) electrons. The topological polar surface area (TPSA) is 53.6 Å². The number of phenolic OH excluding ortho intramolecular Hbond substituents is 2. The van der Waals surface area contributed by atoms with Gasteiger partial charge < -0.3 is 14.6 Å². The summed E-state index contributed by atoms with van der Waals surface area (Å²) in [6.45, 7) is 0. The van der Waals surface area contributed by atoms with E-state index in [4.69, 9.17) is 4.42 Å². The van der Waals surface area contributed by atoms with Gasteiger partial charge in [0, 0.05) is 10.8 Å². The lowest BCUT2D eigenvalue weighted by Gasteiger charge is -1.94. The molecule has 1 aromatic carbocycles. The van der Waals surface area contributed by atoms with Crippen LogP contribution >= 0.6 is 0 Å². The van der Waals surface area contributed by atoms with E-state index in [1.807, 2.05) is 24.3 Å². The second-order valence-electron chi connectivity index (χ2n) is 3.00. The number of benzene rings is 2. The molecular weight excluding hydrogens is 168 g/mol. The fourth-order valence-electron chi connectivity index (χ4n) is 1.66. The SMILES string of the molecule is Oc1c(O)c2oc1c1ccccc21. The van der Waals surface area contributed by atoms with Gasteiger partial charge in [0.25, 0.3) is 0 Å². The molecule has 0 atom stereocenters. The van der Waals surface area contributed by atoms with E-state index in [-0.39, 0.29) is 11.5 Å². The molecule has 2 heterocycles. The highest BCUT2D eigenvalue weighted by Crippen LogP contribution is 2.47. The number of aromatic hydroxyl groups is 2. The van der Waals surface area contributed by atoms with E-state index in [1.54, 1.807) is 0 Å². The van der Waals surface area contributed by atoms with E-state index in [0.717, 1.165) is 10.8 Å². The number of hydrogen-bond donors (Lipinski definition) is 2. The van der Waals surface area contributed by atoms with Crippen molar-refractivity contribution in [3.63, 3.8) is 0 Å². The molecule has 3 heteroatoms. The lowest BCUT2D eigenvalue weighted by Crippen LogP contribution is -1.70. The highest BCUT2D eigenvalue weighted by molar-refractivity contribution is 6.12. The molecule has 3 aromatic rings. The van der Waals surface area contributed by atoms with Gasteiger partial charge in [-0.2, -0.15) is 0 Å². The number of furan rings is 2. The average Bonchev–Trinajstić information content (AvgIpc) is 2.66. The van der Waals surface area contributed by atoms with Crippen LogP contribution in [0.1, 0.15) is 0 Å². The highest BCUT2D eigenvalue weighted by atomic mass is 16.4. The molecule has 0 spiro atoms. The van der Waals surface area contributed by atoms with Gasteiger partial charge in [0.05, 0.1) is 0 Å². The van der Waals surface area contributed by atoms with Crippen LogP contribution in [0.4, 0.5) is 0 Å². The Hall–Kier alpha value is -1.90. The molecule has 2 aromatic heterocycles. The van der Waals surface area contributed by atoms with Crippen LogP contribution in [0.5, 0.6) is 11.5 Å². The van der Waals surface area contributed by atoms with Crippen molar-refractivity contribution in [3.05, 3.63) is 24.3 Å². The summed E-state index contributed by atoms with van der Waals surface area (Å²) in [5.41, 5.74) is 0.728. The Morgan fingerprint density at radius 2 is 1.31 bits per heavy atom. The Morgan fingerprint density at radius 1 is 0.846 bits per heavy atom. The smallest absolute Gasteiger partial charge is 0.205 e. The first-order valence-electron chi connectivity index (χ1n) is 3.93. The summed E-state index contributed by atoms with van der Waals surface area (Å²) in [7, 11) is 0. The summed E-state index contributed by atoms with van der Waals surface area (Å²) >= 11 is 0. The molecule has 0 amide bonds. The maximum Gasteiger partial charge on any atom is 0.205 e. The minimum atomic E-state index is -0.159. The third kappa shape index (κ3) is 0.605. The molecule has 0 saturated carbocycles. The largest absolute Gasteiger partial charge is 0.502 e. The lowest BCUT2D eigenvalue weighted by atomic mass is 10.1. The molecular formula is C10H6O3. The van der Waals surface area contributed by atoms with Crippen LogP contribution in [0.25, 0.3) is 21.9 Å². The molecule has 0 aliphatic carbocycles. The zero-order valence-electron chi connectivity index (χ0n) is 6.61. The molecule has 0 aliphatic rings. The summed E-state index contributed by atoms with van der Waals surface area (Å²) in [6.07, 6.45) is 0. The van der Waals surface area contributed by atoms with E-state index < -0.39 is 0 Å². The molecule has 2 N–H and O–H groups in total. The van der Waals surface area contributed by atoms with Crippen molar-refractivity contribution < 1.29 is 14.6 Å². The van der Waals surface area contributed by atoms with Gasteiger partial charge >= 0.3 is 0 Å². The minimum Gasteiger partial charge on any atom is -0.502 e. The number of hydrogen-bond acceptors (Lipinski definition) is 3. The van der Waals surface area contributed by atoms with Crippen LogP contribution in [0.2, 0.25) is 0 Å². The third-order valence-electron chi connectivity index (χ3n) is 2.27. The van der Waals surface area contributed by atoms with Gasteiger partial charge in [-0.15, -0.1) is 0 Å². The van der Waals surface area contributed by atoms with Crippen molar-refractivity contribution >= 4 is 21.9 Å². The van der Waals surface area contributed by atoms with E-state index >= 15 is 0 Å². The lowest BCUT2D eigenvalue weighted by molar-refractivity contribution is 0.414. The fraction of sp³-hybridized carbons (Fsp3) is 0. The first-order chi connectivity index (χ1) is 6.29. The van der Waals surface area contributed by atoms with E-state index in [0.29, 0.717) is 11.2 Å². The predicted molar refractivity (Wildman–Crippen MR) is 48.2 cm³/mol. The second kappa shape index (κ2) is 1.88. The standard InChI is InChI=1S/C10H6O3/c11-7-8(12)10-6-4-2-1-3-5(6)9(7)13-10/h1-4,11-12H. The number of fused-ring (bicyclic) bond motifs is 5. The zero-order valence-corrected chi connectivity index (χ0v) is 6.61. The van der Waals surface area contributed by atoms with Crippen molar-refractivity contribution in [1.29, 1.82) is 0 Å². The van der Waals surface area contributed by atoms with Gasteiger partial charge in [0.15, 0.2) is 11.2 Å². The molecule has 0 unspecified atom stereocenters. The fourth-order valence-corrected chi connectivity index (χ4v) is 1.66. The van der Waals surface area contributed by atoms with Gasteiger partial charge in [-0.25, -0.2) is 0 Å². The van der Waals surface area contributed by atoms with Crippen molar-refractivity contribution in [1.82, 2.24) is 0 Å². The van der Waals surface area contributed by atoms with Gasteiger partial charge in [-0.3, -0.25) is 0 Å². The van der Waals surface area contributed by atoms with Crippen LogP contribution in [0.15, 0.2) is 28.7 Å². The van der Waals surface area contributed by atoms with Crippen molar-refractivity contribution in [2.45, 2.75) is 0 Å². The highest BCUT2D eigenvalue weighted by Gasteiger charge is 2.20. The van der Waals surface area contributed by atoms with E-state index in [1.165, 1.54) is 0 Å². The van der Waals surface area contributed by atoms with Gasteiger partial charge in [-0.1, -0.05) is 24.3 Å². The number of rotatable bonds is 0. The average molecular weight is 174 g/mol. The summed E-state index contributed by atoms with van der Waals surface area (Å²) in [5, 5.41) is 20.4. The Balaban J connectivity index is 2.69. The van der Waals surface area contributed by atoms with Crippen molar-refractivity contribution in [2.75, 3.05) is 0 Å². The van der Waals surface area contributed by atoms with Crippen LogP contribution in [-0.4, -0.2) is 10.2 Å². The molecule has 0 fully saturated rings. The first-order valence-corrected chi connectivity index (χ1v) is 3.93. The minimum absolute atomic E-state index is 0.159. The van der Waals surface area contributed by atoms with E-state index in [9.17, 15) is 10.2 Å². The first kappa shape index (κ1) is 6.60. The molecule has 0 aliphatic heterocycles.